The molecule has 1 fully saturated rings. The van der Waals surface area contributed by atoms with E-state index in [-0.39, 0.29) is 5.56 Å². The van der Waals surface area contributed by atoms with Crippen LogP contribution in [-0.4, -0.2) is 14.7 Å². The van der Waals surface area contributed by atoms with Gasteiger partial charge in [-0.1, -0.05) is 37.5 Å². The first-order chi connectivity index (χ1) is 14.4. The maximum atomic E-state index is 13.3. The van der Waals surface area contributed by atoms with Crippen molar-refractivity contribution >= 4 is 32.3 Å². The number of nitrogens with zero attached hydrogens (tertiary/aromatic N) is 2. The summed E-state index contributed by atoms with van der Waals surface area (Å²) < 4.78 is 2.73. The predicted molar refractivity (Wildman–Crippen MR) is 124 cm³/mol. The van der Waals surface area contributed by atoms with Crippen LogP contribution in [0.25, 0.3) is 26.7 Å². The van der Waals surface area contributed by atoms with E-state index in [1.807, 2.05) is 48.7 Å². The zero-order valence-electron chi connectivity index (χ0n) is 17.4. The molecule has 30 heavy (non-hydrogen) atoms. The normalized spacial score (nSPS) is 15.8. The van der Waals surface area contributed by atoms with Gasteiger partial charge in [0.05, 0.1) is 26.5 Å². The number of fused-ring (bicyclic) bond motifs is 2. The molecule has 1 saturated carbocycles. The van der Waals surface area contributed by atoms with E-state index in [0.29, 0.717) is 16.9 Å². The van der Waals surface area contributed by atoms with E-state index in [9.17, 15) is 9.90 Å². The molecular weight excluding hydrogens is 392 g/mol. The van der Waals surface area contributed by atoms with Crippen LogP contribution < -0.4 is 5.56 Å². The number of pyridine rings is 1. The Bertz CT molecular complexity index is 1290. The second kappa shape index (κ2) is 7.33. The fourth-order valence-electron chi connectivity index (χ4n) is 4.57. The lowest BCUT2D eigenvalue weighted by Gasteiger charge is -2.22. The second-order valence-electron chi connectivity index (χ2n) is 8.86. The van der Waals surface area contributed by atoms with Crippen molar-refractivity contribution in [1.29, 1.82) is 0 Å². The van der Waals surface area contributed by atoms with E-state index in [0.717, 1.165) is 21.3 Å². The van der Waals surface area contributed by atoms with E-state index in [1.165, 1.54) is 37.1 Å². The average Bonchev–Trinajstić information content (AvgIpc) is 3.17. The molecule has 0 spiro atoms. The summed E-state index contributed by atoms with van der Waals surface area (Å²) in [6, 6.07) is 13.6. The molecule has 0 atom stereocenters. The highest BCUT2D eigenvalue weighted by molar-refractivity contribution is 7.18. The van der Waals surface area contributed by atoms with Crippen molar-refractivity contribution in [3.8, 4) is 5.69 Å². The lowest BCUT2D eigenvalue weighted by atomic mass is 9.90. The van der Waals surface area contributed by atoms with E-state index in [1.54, 1.807) is 29.8 Å². The molecule has 2 aromatic heterocycles. The van der Waals surface area contributed by atoms with Crippen molar-refractivity contribution in [3.05, 3.63) is 69.6 Å². The van der Waals surface area contributed by atoms with E-state index in [4.69, 9.17) is 4.98 Å². The van der Waals surface area contributed by atoms with Gasteiger partial charge in [0.1, 0.15) is 0 Å². The van der Waals surface area contributed by atoms with Crippen LogP contribution in [0, 0.1) is 0 Å². The maximum absolute atomic E-state index is 13.3. The Morgan fingerprint density at radius 2 is 1.87 bits per heavy atom. The summed E-state index contributed by atoms with van der Waals surface area (Å²) in [7, 11) is 0. The molecule has 154 valence electrons. The molecule has 1 aliphatic carbocycles. The molecule has 5 heteroatoms. The molecule has 2 aromatic carbocycles. The van der Waals surface area contributed by atoms with Crippen LogP contribution in [0.2, 0.25) is 0 Å². The molecular formula is C25H26N2O2S. The summed E-state index contributed by atoms with van der Waals surface area (Å²) in [6.45, 7) is 3.52. The second-order valence-corrected chi connectivity index (χ2v) is 9.92. The Labute approximate surface area is 179 Å². The largest absolute Gasteiger partial charge is 0.386 e. The van der Waals surface area contributed by atoms with Gasteiger partial charge in [0, 0.05) is 23.1 Å². The maximum Gasteiger partial charge on any atom is 0.262 e. The van der Waals surface area contributed by atoms with Crippen molar-refractivity contribution in [2.24, 2.45) is 0 Å². The van der Waals surface area contributed by atoms with Crippen LogP contribution in [0.3, 0.4) is 0 Å². The number of thiazole rings is 1. The van der Waals surface area contributed by atoms with Gasteiger partial charge in [0.15, 0.2) is 0 Å². The highest BCUT2D eigenvalue weighted by atomic mass is 32.1. The molecule has 0 bridgehead atoms. The fraction of sp³-hybridized carbons (Fsp3) is 0.360. The van der Waals surface area contributed by atoms with Gasteiger partial charge in [-0.2, -0.15) is 0 Å². The average molecular weight is 419 g/mol. The van der Waals surface area contributed by atoms with E-state index >= 15 is 0 Å². The molecule has 5 rings (SSSR count). The van der Waals surface area contributed by atoms with Gasteiger partial charge >= 0.3 is 0 Å². The van der Waals surface area contributed by atoms with Crippen molar-refractivity contribution < 1.29 is 5.11 Å². The number of hydrogen-bond donors (Lipinski definition) is 1. The van der Waals surface area contributed by atoms with Crippen molar-refractivity contribution in [2.75, 3.05) is 0 Å². The third kappa shape index (κ3) is 3.36. The highest BCUT2D eigenvalue weighted by Gasteiger charge is 2.25. The lowest BCUT2D eigenvalue weighted by molar-refractivity contribution is 0.0786. The van der Waals surface area contributed by atoms with Gasteiger partial charge in [-0.3, -0.25) is 9.36 Å². The number of aliphatic hydroxyl groups is 1. The molecule has 4 nitrogen and oxygen atoms in total. The molecule has 0 unspecified atom stereocenters. The third-order valence-corrected chi connectivity index (χ3v) is 7.39. The topological polar surface area (TPSA) is 55.1 Å². The molecule has 0 aliphatic heterocycles. The Morgan fingerprint density at radius 1 is 1.10 bits per heavy atom. The van der Waals surface area contributed by atoms with Gasteiger partial charge in [0.2, 0.25) is 0 Å². The summed E-state index contributed by atoms with van der Waals surface area (Å²) >= 11 is 1.73. The lowest BCUT2D eigenvalue weighted by Crippen LogP contribution is -2.24. The van der Waals surface area contributed by atoms with Crippen molar-refractivity contribution in [3.63, 3.8) is 0 Å². The molecule has 0 radical (unpaired) electrons. The first kappa shape index (κ1) is 19.5. The highest BCUT2D eigenvalue weighted by Crippen LogP contribution is 2.39. The number of hydrogen-bond acceptors (Lipinski definition) is 4. The minimum Gasteiger partial charge on any atom is -0.386 e. The summed E-state index contributed by atoms with van der Waals surface area (Å²) in [6.07, 6.45) is 8.08. The van der Waals surface area contributed by atoms with Gasteiger partial charge in [-0.05, 0) is 56.3 Å². The standard InChI is InChI=1S/C25H26N2O2S/c1-25(2,29)19-14-20-22(30-23(26-20)17-9-4-3-5-10-17)15-21(19)27-13-12-16-8-6-7-11-18(16)24(27)28/h6-8,11-15,17,29H,3-5,9-10H2,1-2H3. The Morgan fingerprint density at radius 3 is 2.63 bits per heavy atom. The molecule has 0 saturated heterocycles. The SMILES string of the molecule is CC(C)(O)c1cc2nc(C3CCCCC3)sc2cc1-n1ccc2ccccc2c1=O. The van der Waals surface area contributed by atoms with Crippen LogP contribution in [-0.2, 0) is 5.60 Å². The quantitative estimate of drug-likeness (QED) is 0.452. The summed E-state index contributed by atoms with van der Waals surface area (Å²) in [5, 5.41) is 13.7. The number of aromatic nitrogens is 2. The molecule has 0 amide bonds. The molecule has 2 heterocycles. The molecule has 1 N–H and O–H groups in total. The van der Waals surface area contributed by atoms with Crippen molar-refractivity contribution in [1.82, 2.24) is 9.55 Å². The fourth-order valence-corrected chi connectivity index (χ4v) is 5.72. The predicted octanol–water partition coefficient (Wildman–Crippen LogP) is 5.88. The minimum absolute atomic E-state index is 0.0741. The molecule has 4 aromatic rings. The van der Waals surface area contributed by atoms with Gasteiger partial charge < -0.3 is 5.11 Å². The first-order valence-corrected chi connectivity index (χ1v) is 11.5. The summed E-state index contributed by atoms with van der Waals surface area (Å²) in [5.74, 6) is 0.536. The molecule has 1 aliphatic rings. The Kier molecular flexibility index (Phi) is 4.75. The summed E-state index contributed by atoms with van der Waals surface area (Å²) in [4.78, 5) is 18.2. The summed E-state index contributed by atoms with van der Waals surface area (Å²) in [5.41, 5.74) is 1.19. The van der Waals surface area contributed by atoms with Crippen LogP contribution in [0.5, 0.6) is 0 Å². The number of rotatable bonds is 3. The van der Waals surface area contributed by atoms with Gasteiger partial charge in [0.25, 0.3) is 5.56 Å². The number of benzene rings is 2. The van der Waals surface area contributed by atoms with Crippen LogP contribution in [0.15, 0.2) is 53.5 Å². The van der Waals surface area contributed by atoms with E-state index < -0.39 is 5.60 Å². The Balaban J connectivity index is 1.72. The minimum atomic E-state index is -1.09. The van der Waals surface area contributed by atoms with Crippen molar-refractivity contribution in [2.45, 2.75) is 57.5 Å². The first-order valence-electron chi connectivity index (χ1n) is 10.7. The zero-order valence-corrected chi connectivity index (χ0v) is 18.2. The zero-order chi connectivity index (χ0) is 20.9. The van der Waals surface area contributed by atoms with Crippen LogP contribution in [0.4, 0.5) is 0 Å². The Hall–Kier alpha value is -2.50. The monoisotopic (exact) mass is 418 g/mol. The smallest absolute Gasteiger partial charge is 0.262 e. The van der Waals surface area contributed by atoms with E-state index in [2.05, 4.69) is 0 Å². The third-order valence-electron chi connectivity index (χ3n) is 6.21. The van der Waals surface area contributed by atoms with Gasteiger partial charge in [-0.25, -0.2) is 4.98 Å². The van der Waals surface area contributed by atoms with Gasteiger partial charge in [-0.15, -0.1) is 11.3 Å². The van der Waals surface area contributed by atoms with Crippen LogP contribution in [0.1, 0.15) is 62.4 Å². The van der Waals surface area contributed by atoms with Crippen LogP contribution >= 0.6 is 11.3 Å².